The Morgan fingerprint density at radius 3 is 2.42 bits per heavy atom. The number of carbonyl (C=O) groups excluding carboxylic acids is 2. The fourth-order valence-electron chi connectivity index (χ4n) is 3.17. The minimum atomic E-state index is -0.826. The van der Waals surface area contributed by atoms with Crippen molar-refractivity contribution >= 4 is 17.8 Å². The normalized spacial score (nSPS) is 32.6. The molecule has 2 aliphatic rings. The lowest BCUT2D eigenvalue weighted by molar-refractivity contribution is -0.144. The van der Waals surface area contributed by atoms with Crippen molar-refractivity contribution in [2.75, 3.05) is 6.54 Å². The van der Waals surface area contributed by atoms with E-state index in [2.05, 4.69) is 0 Å². The van der Waals surface area contributed by atoms with Gasteiger partial charge in [0.15, 0.2) is 0 Å². The Labute approximate surface area is 112 Å². The number of rotatable bonds is 3. The summed E-state index contributed by atoms with van der Waals surface area (Å²) in [5.41, 5.74) is 0. The molecule has 2 fully saturated rings. The van der Waals surface area contributed by atoms with Gasteiger partial charge in [0.05, 0.1) is 18.4 Å². The van der Waals surface area contributed by atoms with Crippen molar-refractivity contribution in [3.05, 3.63) is 0 Å². The molecule has 0 aromatic rings. The van der Waals surface area contributed by atoms with Crippen molar-refractivity contribution in [1.82, 2.24) is 9.80 Å². The van der Waals surface area contributed by atoms with Gasteiger partial charge in [0.1, 0.15) is 0 Å². The summed E-state index contributed by atoms with van der Waals surface area (Å²) in [7, 11) is 0. The summed E-state index contributed by atoms with van der Waals surface area (Å²) in [6.45, 7) is 6.01. The Bertz CT molecular complexity index is 421. The summed E-state index contributed by atoms with van der Waals surface area (Å²) in [6, 6.07) is -0.821. The summed E-state index contributed by atoms with van der Waals surface area (Å²) in [6.07, 6.45) is 0.712. The van der Waals surface area contributed by atoms with Crippen LogP contribution in [0.15, 0.2) is 0 Å². The van der Waals surface area contributed by atoms with Crippen LogP contribution in [-0.2, 0) is 14.4 Å². The van der Waals surface area contributed by atoms with Crippen LogP contribution in [0.3, 0.4) is 0 Å². The number of hydrogen-bond donors (Lipinski definition) is 1. The number of amides is 2. The van der Waals surface area contributed by atoms with Crippen molar-refractivity contribution in [3.63, 3.8) is 0 Å². The van der Waals surface area contributed by atoms with E-state index in [-0.39, 0.29) is 30.3 Å². The molecule has 2 saturated heterocycles. The first kappa shape index (κ1) is 14.0. The topological polar surface area (TPSA) is 77.9 Å². The highest BCUT2D eigenvalue weighted by molar-refractivity contribution is 6.05. The lowest BCUT2D eigenvalue weighted by atomic mass is 10.0. The first-order chi connectivity index (χ1) is 8.84. The van der Waals surface area contributed by atoms with Crippen LogP contribution in [0.25, 0.3) is 0 Å². The highest BCUT2D eigenvalue weighted by Gasteiger charge is 2.48. The molecule has 6 heteroatoms. The molecule has 2 amide bonds. The van der Waals surface area contributed by atoms with Gasteiger partial charge in [-0.05, 0) is 27.2 Å². The lowest BCUT2D eigenvalue weighted by Gasteiger charge is -2.28. The smallest absolute Gasteiger partial charge is 0.308 e. The van der Waals surface area contributed by atoms with Gasteiger partial charge < -0.3 is 5.11 Å². The number of likely N-dealkylation sites (tertiary alicyclic amines) is 2. The number of aliphatic carboxylic acids is 1. The Balaban J connectivity index is 2.14. The second kappa shape index (κ2) is 4.92. The van der Waals surface area contributed by atoms with Crippen molar-refractivity contribution in [2.45, 2.75) is 51.7 Å². The van der Waals surface area contributed by atoms with E-state index in [4.69, 9.17) is 5.11 Å². The predicted molar refractivity (Wildman–Crippen MR) is 67.3 cm³/mol. The minimum absolute atomic E-state index is 0.141. The molecule has 3 atom stereocenters. The fourth-order valence-corrected chi connectivity index (χ4v) is 3.17. The maximum Gasteiger partial charge on any atom is 0.308 e. The number of imide groups is 1. The SMILES string of the molecule is CC(C)N1C(=O)CC(N2CCC(C(=O)O)C2C)C1=O. The van der Waals surface area contributed by atoms with Crippen LogP contribution in [0, 0.1) is 5.92 Å². The Hall–Kier alpha value is -1.43. The number of hydrogen-bond acceptors (Lipinski definition) is 4. The van der Waals surface area contributed by atoms with Crippen LogP contribution in [0.1, 0.15) is 33.6 Å². The van der Waals surface area contributed by atoms with Crippen LogP contribution in [0.5, 0.6) is 0 Å². The molecule has 0 saturated carbocycles. The number of carbonyl (C=O) groups is 3. The highest BCUT2D eigenvalue weighted by atomic mass is 16.4. The van der Waals surface area contributed by atoms with E-state index in [9.17, 15) is 14.4 Å². The van der Waals surface area contributed by atoms with E-state index >= 15 is 0 Å². The van der Waals surface area contributed by atoms with Crippen LogP contribution in [0.2, 0.25) is 0 Å². The Morgan fingerprint density at radius 1 is 1.37 bits per heavy atom. The fraction of sp³-hybridized carbons (Fsp3) is 0.769. The van der Waals surface area contributed by atoms with Crippen LogP contribution in [0.4, 0.5) is 0 Å². The van der Waals surface area contributed by atoms with Crippen molar-refractivity contribution in [3.8, 4) is 0 Å². The van der Waals surface area contributed by atoms with Gasteiger partial charge in [0, 0.05) is 18.6 Å². The Kier molecular flexibility index (Phi) is 3.62. The highest BCUT2D eigenvalue weighted by Crippen LogP contribution is 2.31. The maximum atomic E-state index is 12.3. The molecule has 2 rings (SSSR count). The molecule has 1 N–H and O–H groups in total. The minimum Gasteiger partial charge on any atom is -0.481 e. The van der Waals surface area contributed by atoms with Crippen LogP contribution < -0.4 is 0 Å². The summed E-state index contributed by atoms with van der Waals surface area (Å²) in [5, 5.41) is 9.11. The van der Waals surface area contributed by atoms with Gasteiger partial charge in [-0.15, -0.1) is 0 Å². The molecule has 0 bridgehead atoms. The molecule has 0 spiro atoms. The molecule has 0 aromatic carbocycles. The molecule has 0 aromatic heterocycles. The van der Waals surface area contributed by atoms with Gasteiger partial charge in [0.25, 0.3) is 0 Å². The van der Waals surface area contributed by atoms with Gasteiger partial charge in [-0.25, -0.2) is 0 Å². The molecule has 6 nitrogen and oxygen atoms in total. The molecule has 19 heavy (non-hydrogen) atoms. The zero-order valence-electron chi connectivity index (χ0n) is 11.5. The second-order valence-corrected chi connectivity index (χ2v) is 5.63. The Morgan fingerprint density at radius 2 is 2.00 bits per heavy atom. The van der Waals surface area contributed by atoms with E-state index < -0.39 is 17.9 Å². The van der Waals surface area contributed by atoms with Gasteiger partial charge in [0.2, 0.25) is 11.8 Å². The second-order valence-electron chi connectivity index (χ2n) is 5.63. The summed E-state index contributed by atoms with van der Waals surface area (Å²) in [5.74, 6) is -1.61. The van der Waals surface area contributed by atoms with Crippen LogP contribution in [-0.4, -0.2) is 57.4 Å². The first-order valence-corrected chi connectivity index (χ1v) is 6.69. The molecule has 3 unspecified atom stereocenters. The van der Waals surface area contributed by atoms with E-state index in [0.29, 0.717) is 13.0 Å². The van der Waals surface area contributed by atoms with Gasteiger partial charge >= 0.3 is 5.97 Å². The number of carboxylic acids is 1. The van der Waals surface area contributed by atoms with E-state index in [0.717, 1.165) is 0 Å². The zero-order chi connectivity index (χ0) is 14.3. The largest absolute Gasteiger partial charge is 0.481 e. The zero-order valence-corrected chi connectivity index (χ0v) is 11.5. The standard InChI is InChI=1S/C13H20N2O4/c1-7(2)15-11(16)6-10(12(15)17)14-5-4-9(8(14)3)13(18)19/h7-10H,4-6H2,1-3H3,(H,18,19). The third-order valence-corrected chi connectivity index (χ3v) is 4.20. The van der Waals surface area contributed by atoms with Crippen molar-refractivity contribution < 1.29 is 19.5 Å². The molecule has 2 aliphatic heterocycles. The van der Waals surface area contributed by atoms with Crippen LogP contribution >= 0.6 is 0 Å². The number of carboxylic acid groups (broad SMARTS) is 1. The third-order valence-electron chi connectivity index (χ3n) is 4.20. The predicted octanol–water partition coefficient (Wildman–Crippen LogP) is 0.317. The molecule has 106 valence electrons. The molecule has 2 heterocycles. The maximum absolute atomic E-state index is 12.3. The molecular formula is C13H20N2O4. The lowest BCUT2D eigenvalue weighted by Crippen LogP contribution is -2.46. The molecular weight excluding hydrogens is 248 g/mol. The van der Waals surface area contributed by atoms with E-state index in [1.165, 1.54) is 4.90 Å². The third kappa shape index (κ3) is 2.25. The summed E-state index contributed by atoms with van der Waals surface area (Å²) >= 11 is 0. The monoisotopic (exact) mass is 268 g/mol. The van der Waals surface area contributed by atoms with Crippen molar-refractivity contribution in [1.29, 1.82) is 0 Å². The summed E-state index contributed by atoms with van der Waals surface area (Å²) in [4.78, 5) is 38.4. The van der Waals surface area contributed by atoms with Gasteiger partial charge in [-0.3, -0.25) is 24.2 Å². The molecule has 0 radical (unpaired) electrons. The number of nitrogens with zero attached hydrogens (tertiary/aromatic N) is 2. The average molecular weight is 268 g/mol. The quantitative estimate of drug-likeness (QED) is 0.746. The van der Waals surface area contributed by atoms with Gasteiger partial charge in [-0.1, -0.05) is 0 Å². The van der Waals surface area contributed by atoms with E-state index in [1.807, 2.05) is 25.7 Å². The first-order valence-electron chi connectivity index (χ1n) is 6.69. The van der Waals surface area contributed by atoms with Gasteiger partial charge in [-0.2, -0.15) is 0 Å². The average Bonchev–Trinajstić information content (AvgIpc) is 2.79. The molecule has 0 aliphatic carbocycles. The van der Waals surface area contributed by atoms with Crippen molar-refractivity contribution in [2.24, 2.45) is 5.92 Å². The summed E-state index contributed by atoms with van der Waals surface area (Å²) < 4.78 is 0. The van der Waals surface area contributed by atoms with E-state index in [1.54, 1.807) is 0 Å².